The predicted molar refractivity (Wildman–Crippen MR) is 224 cm³/mol. The predicted octanol–water partition coefficient (Wildman–Crippen LogP) is 10.7. The first-order valence-corrected chi connectivity index (χ1v) is 19.4. The number of rotatable bonds is 9. The zero-order valence-corrected chi connectivity index (χ0v) is 31.0. The highest BCUT2D eigenvalue weighted by Crippen LogP contribution is 2.30. The van der Waals surface area contributed by atoms with Crippen molar-refractivity contribution in [2.75, 3.05) is 36.0 Å². The minimum Gasteiger partial charge on any atom is -0.457 e. The van der Waals surface area contributed by atoms with E-state index in [0.29, 0.717) is 40.1 Å². The lowest BCUT2D eigenvalue weighted by atomic mass is 10.0. The molecular weight excluding hydrogens is 677 g/mol. The highest BCUT2D eigenvalue weighted by molar-refractivity contribution is 5.82. The second-order valence-electron chi connectivity index (χ2n) is 14.1. The highest BCUT2D eigenvalue weighted by Gasteiger charge is 2.19. The van der Waals surface area contributed by atoms with Crippen molar-refractivity contribution in [1.82, 2.24) is 15.0 Å². The summed E-state index contributed by atoms with van der Waals surface area (Å²) in [6, 6.07) is 39.4. The van der Waals surface area contributed by atoms with Crippen LogP contribution in [0.15, 0.2) is 151 Å². The van der Waals surface area contributed by atoms with Gasteiger partial charge >= 0.3 is 0 Å². The first-order chi connectivity index (χ1) is 27.2. The first kappa shape index (κ1) is 35.5. The highest BCUT2D eigenvalue weighted by atomic mass is 16.5. The number of ether oxygens (including phenoxy) is 1. The van der Waals surface area contributed by atoms with Gasteiger partial charge in [0.25, 0.3) is 0 Å². The maximum Gasteiger partial charge on any atom is 0.175 e. The Morgan fingerprint density at radius 1 is 0.527 bits per heavy atom. The third-order valence-electron chi connectivity index (χ3n) is 10.3. The molecule has 0 atom stereocenters. The lowest BCUT2D eigenvalue weighted by Gasteiger charge is -2.28. The summed E-state index contributed by atoms with van der Waals surface area (Å²) in [5, 5.41) is 10.8. The number of nitrogens with zero attached hydrogens (tertiary/aromatic N) is 6. The fourth-order valence-corrected chi connectivity index (χ4v) is 7.27. The van der Waals surface area contributed by atoms with Crippen molar-refractivity contribution in [1.29, 1.82) is 5.26 Å². The molecule has 1 aromatic heterocycles. The van der Waals surface area contributed by atoms with E-state index in [4.69, 9.17) is 19.7 Å². The normalized spacial score (nSPS) is 16.1. The van der Waals surface area contributed by atoms with Crippen LogP contribution in [-0.4, -0.2) is 41.1 Å². The molecule has 0 radical (unpaired) electrons. The molecule has 3 aliphatic rings. The molecule has 55 heavy (non-hydrogen) atoms. The van der Waals surface area contributed by atoms with Crippen molar-refractivity contribution < 1.29 is 4.74 Å². The van der Waals surface area contributed by atoms with Gasteiger partial charge in [0, 0.05) is 54.3 Å². The number of benzene rings is 4. The van der Waals surface area contributed by atoms with Gasteiger partial charge in [-0.05, 0) is 98.2 Å². The Morgan fingerprint density at radius 3 is 1.38 bits per heavy atom. The molecule has 0 unspecified atom stereocenters. The van der Waals surface area contributed by atoms with E-state index in [2.05, 4.69) is 64.4 Å². The Balaban J connectivity index is 1.15. The van der Waals surface area contributed by atoms with Crippen molar-refractivity contribution in [3.05, 3.63) is 168 Å². The van der Waals surface area contributed by atoms with Crippen molar-refractivity contribution in [2.45, 2.75) is 38.5 Å². The topological polar surface area (TPSA) is 78.2 Å². The van der Waals surface area contributed by atoms with Crippen LogP contribution in [0.25, 0.3) is 40.5 Å². The van der Waals surface area contributed by atoms with Gasteiger partial charge in [0.15, 0.2) is 17.5 Å². The van der Waals surface area contributed by atoms with Crippen LogP contribution in [0.5, 0.6) is 0 Å². The summed E-state index contributed by atoms with van der Waals surface area (Å²) in [7, 11) is 0. The van der Waals surface area contributed by atoms with E-state index < -0.39 is 0 Å². The molecule has 0 aliphatic carbocycles. The van der Waals surface area contributed by atoms with E-state index in [1.807, 2.05) is 97.1 Å². The molecule has 5 aromatic rings. The quantitative estimate of drug-likeness (QED) is 0.140. The monoisotopic (exact) mass is 720 g/mol. The lowest BCUT2D eigenvalue weighted by Crippen LogP contribution is -2.29. The fourth-order valence-electron chi connectivity index (χ4n) is 7.27. The molecule has 0 bridgehead atoms. The van der Waals surface area contributed by atoms with Crippen LogP contribution in [-0.2, 0) is 4.74 Å². The number of hydrogen-bond acceptors (Lipinski definition) is 7. The maximum atomic E-state index is 10.8. The molecule has 0 saturated carbocycles. The maximum absolute atomic E-state index is 10.8. The molecule has 2 saturated heterocycles. The molecule has 3 aliphatic heterocycles. The second-order valence-corrected chi connectivity index (χ2v) is 14.1. The largest absolute Gasteiger partial charge is 0.457 e. The van der Waals surface area contributed by atoms with Crippen molar-refractivity contribution in [3.63, 3.8) is 0 Å². The van der Waals surface area contributed by atoms with Gasteiger partial charge in [-0.2, -0.15) is 5.26 Å². The van der Waals surface area contributed by atoms with Crippen LogP contribution in [0.2, 0.25) is 0 Å². The third kappa shape index (κ3) is 8.83. The number of hydrogen-bond donors (Lipinski definition) is 0. The van der Waals surface area contributed by atoms with Gasteiger partial charge in [0.1, 0.15) is 23.2 Å². The molecule has 2 fully saturated rings. The Kier molecular flexibility index (Phi) is 11.0. The molecule has 4 heterocycles. The van der Waals surface area contributed by atoms with Gasteiger partial charge in [-0.3, -0.25) is 0 Å². The Bertz CT molecular complexity index is 2140. The number of aromatic nitrogens is 3. The minimum atomic E-state index is 0.299. The van der Waals surface area contributed by atoms with Crippen LogP contribution in [0.1, 0.15) is 55.5 Å². The van der Waals surface area contributed by atoms with Crippen molar-refractivity contribution >= 4 is 29.1 Å². The number of nitriles is 1. The summed E-state index contributed by atoms with van der Waals surface area (Å²) >= 11 is 0. The number of piperidine rings is 2. The third-order valence-corrected chi connectivity index (χ3v) is 10.3. The molecule has 4 aromatic carbocycles. The lowest BCUT2D eigenvalue weighted by molar-refractivity contribution is 0.332. The molecule has 8 rings (SSSR count). The zero-order chi connectivity index (χ0) is 37.2. The summed E-state index contributed by atoms with van der Waals surface area (Å²) in [6.45, 7) is 4.44. The van der Waals surface area contributed by atoms with Gasteiger partial charge in [-0.15, -0.1) is 0 Å². The SMILES string of the molecule is N#CC(=C1C=C(/C=C/c2ccc(N3CCCCC3)cc2)OC(/C=C/c2ccc(N3CCCCC3)cc2)=C1)c1nc(-c2ccccc2)nc(-c2ccccc2)n1. The van der Waals surface area contributed by atoms with E-state index in [-0.39, 0.29) is 0 Å². The van der Waals surface area contributed by atoms with Crippen LogP contribution in [0, 0.1) is 11.3 Å². The molecule has 0 amide bonds. The van der Waals surface area contributed by atoms with E-state index in [1.54, 1.807) is 0 Å². The minimum absolute atomic E-state index is 0.299. The van der Waals surface area contributed by atoms with Crippen LogP contribution in [0.3, 0.4) is 0 Å². The smallest absolute Gasteiger partial charge is 0.175 e. The van der Waals surface area contributed by atoms with Crippen LogP contribution in [0.4, 0.5) is 11.4 Å². The van der Waals surface area contributed by atoms with E-state index >= 15 is 0 Å². The standard InChI is InChI=1S/C48H44N6O/c49-35-45(48-51-46(38-13-5-1-6-14-38)50-47(52-48)39-15-7-2-8-16-39)40-33-43(27-21-36-17-23-41(24-18-36)53-29-9-3-10-30-53)55-44(34-40)28-22-37-19-25-42(26-20-37)54-31-11-4-12-32-54/h1-2,5-8,13-28,33-34H,3-4,9-12,29-32H2/b27-21+,28-22+. The Morgan fingerprint density at radius 2 is 0.964 bits per heavy atom. The van der Waals surface area contributed by atoms with Gasteiger partial charge in [-0.1, -0.05) is 97.1 Å². The number of allylic oxidation sites excluding steroid dienone is 6. The van der Waals surface area contributed by atoms with Crippen molar-refractivity contribution in [2.24, 2.45) is 0 Å². The van der Waals surface area contributed by atoms with Gasteiger partial charge < -0.3 is 14.5 Å². The first-order valence-electron chi connectivity index (χ1n) is 19.4. The average Bonchev–Trinajstić information content (AvgIpc) is 3.27. The second kappa shape index (κ2) is 17.1. The Hall–Kier alpha value is -6.52. The summed E-state index contributed by atoms with van der Waals surface area (Å²) < 4.78 is 6.45. The molecule has 272 valence electrons. The van der Waals surface area contributed by atoms with E-state index in [1.165, 1.54) is 49.9 Å². The van der Waals surface area contributed by atoms with E-state index in [0.717, 1.165) is 48.4 Å². The van der Waals surface area contributed by atoms with Crippen LogP contribution >= 0.6 is 0 Å². The zero-order valence-electron chi connectivity index (χ0n) is 31.0. The molecular formula is C48H44N6O. The molecule has 0 spiro atoms. The summed E-state index contributed by atoms with van der Waals surface area (Å²) in [4.78, 5) is 19.5. The van der Waals surface area contributed by atoms with Crippen LogP contribution < -0.4 is 9.80 Å². The van der Waals surface area contributed by atoms with Gasteiger partial charge in [0.05, 0.1) is 0 Å². The number of anilines is 2. The van der Waals surface area contributed by atoms with Gasteiger partial charge in [-0.25, -0.2) is 15.0 Å². The van der Waals surface area contributed by atoms with E-state index in [9.17, 15) is 5.26 Å². The van der Waals surface area contributed by atoms with Gasteiger partial charge in [0.2, 0.25) is 0 Å². The summed E-state index contributed by atoms with van der Waals surface area (Å²) in [6.07, 6.45) is 19.4. The summed E-state index contributed by atoms with van der Waals surface area (Å²) in [5.41, 5.74) is 7.31. The molecule has 7 heteroatoms. The average molecular weight is 721 g/mol. The fraction of sp³-hybridized carbons (Fsp3) is 0.208. The Labute approximate surface area is 324 Å². The molecule has 0 N–H and O–H groups in total. The molecule has 7 nitrogen and oxygen atoms in total. The summed E-state index contributed by atoms with van der Waals surface area (Å²) in [5.74, 6) is 2.50. The van der Waals surface area contributed by atoms with Crippen molar-refractivity contribution in [3.8, 4) is 28.8 Å².